The Kier molecular flexibility index (Phi) is 11.6. The molecule has 144 valence electrons. The molecule has 0 rings (SSSR count). The lowest BCUT2D eigenvalue weighted by Gasteiger charge is -2.18. The van der Waals surface area contributed by atoms with Gasteiger partial charge in [-0.2, -0.15) is 12.6 Å². The molecule has 0 aliphatic carbocycles. The molecule has 0 spiro atoms. The molecule has 8 N–H and O–H groups in total. The van der Waals surface area contributed by atoms with Crippen LogP contribution in [0, 0.1) is 0 Å². The summed E-state index contributed by atoms with van der Waals surface area (Å²) >= 11 is 3.81. The Morgan fingerprint density at radius 3 is 2.28 bits per heavy atom. The van der Waals surface area contributed by atoms with Crippen LogP contribution in [0.1, 0.15) is 26.2 Å². The Bertz CT molecular complexity index is 477. The fourth-order valence-electron chi connectivity index (χ4n) is 1.78. The molecule has 0 aromatic rings. The first-order chi connectivity index (χ1) is 11.7. The molecule has 25 heavy (non-hydrogen) atoms. The summed E-state index contributed by atoms with van der Waals surface area (Å²) in [6, 6.07) is -2.77. The molecule has 10 nitrogen and oxygen atoms in total. The van der Waals surface area contributed by atoms with E-state index in [1.165, 1.54) is 6.92 Å². The summed E-state index contributed by atoms with van der Waals surface area (Å²) in [4.78, 5) is 46.1. The van der Waals surface area contributed by atoms with E-state index in [0.29, 0.717) is 19.4 Å². The number of carboxylic acid groups (broad SMARTS) is 1. The third-order valence-electron chi connectivity index (χ3n) is 3.30. The largest absolute Gasteiger partial charge is 0.480 e. The van der Waals surface area contributed by atoms with Gasteiger partial charge in [0, 0.05) is 5.75 Å². The summed E-state index contributed by atoms with van der Waals surface area (Å²) in [6.45, 7) is 1.55. The van der Waals surface area contributed by atoms with Crippen LogP contribution in [0.15, 0.2) is 0 Å². The monoisotopic (exact) mass is 377 g/mol. The first kappa shape index (κ1) is 23.1. The van der Waals surface area contributed by atoms with Gasteiger partial charge in [-0.05, 0) is 26.3 Å². The molecular weight excluding hydrogens is 350 g/mol. The predicted molar refractivity (Wildman–Crippen MR) is 94.9 cm³/mol. The standard InChI is InChI=1S/C14H27N5O5S/c1-8(18-13(22)9(16)4-2-3-5-15)12(21)17-6-11(20)19-10(7-25)14(23)24/h8-10,25H,2-7,15-16H2,1H3,(H,17,21)(H,18,22)(H,19,20)(H,23,24). The second-order valence-corrected chi connectivity index (χ2v) is 5.85. The van der Waals surface area contributed by atoms with Crippen molar-refractivity contribution in [3.05, 3.63) is 0 Å². The highest BCUT2D eigenvalue weighted by atomic mass is 32.1. The van der Waals surface area contributed by atoms with E-state index in [2.05, 4.69) is 28.6 Å². The highest BCUT2D eigenvalue weighted by Crippen LogP contribution is 1.98. The van der Waals surface area contributed by atoms with Gasteiger partial charge in [0.2, 0.25) is 17.7 Å². The van der Waals surface area contributed by atoms with Crippen LogP contribution in [0.3, 0.4) is 0 Å². The molecule has 3 unspecified atom stereocenters. The van der Waals surface area contributed by atoms with Gasteiger partial charge in [-0.1, -0.05) is 6.42 Å². The summed E-state index contributed by atoms with van der Waals surface area (Å²) < 4.78 is 0. The Hall–Kier alpha value is -1.85. The van der Waals surface area contributed by atoms with Crippen molar-refractivity contribution < 1.29 is 24.3 Å². The summed E-state index contributed by atoms with van der Waals surface area (Å²) in [5.74, 6) is -3.03. The Morgan fingerprint density at radius 1 is 1.12 bits per heavy atom. The van der Waals surface area contributed by atoms with E-state index in [1.54, 1.807) is 0 Å². The SMILES string of the molecule is CC(NC(=O)C(N)CCCCN)C(=O)NCC(=O)NC(CS)C(=O)O. The van der Waals surface area contributed by atoms with Gasteiger partial charge in [0.25, 0.3) is 0 Å². The molecule has 0 saturated carbocycles. The molecule has 0 aromatic heterocycles. The second-order valence-electron chi connectivity index (χ2n) is 5.48. The summed E-state index contributed by atoms with van der Waals surface area (Å²) in [6.07, 6.45) is 1.93. The van der Waals surface area contributed by atoms with E-state index in [9.17, 15) is 19.2 Å². The molecule has 0 bridgehead atoms. The quantitative estimate of drug-likeness (QED) is 0.146. The number of amides is 3. The maximum absolute atomic E-state index is 11.9. The molecule has 0 aliphatic rings. The lowest BCUT2D eigenvalue weighted by Crippen LogP contribution is -2.52. The number of rotatable bonds is 12. The predicted octanol–water partition coefficient (Wildman–Crippen LogP) is -2.44. The van der Waals surface area contributed by atoms with Crippen LogP contribution >= 0.6 is 12.6 Å². The van der Waals surface area contributed by atoms with Crippen molar-refractivity contribution in [1.82, 2.24) is 16.0 Å². The summed E-state index contributed by atoms with van der Waals surface area (Å²) in [7, 11) is 0. The third-order valence-corrected chi connectivity index (χ3v) is 3.66. The van der Waals surface area contributed by atoms with Gasteiger partial charge in [-0.15, -0.1) is 0 Å². The highest BCUT2D eigenvalue weighted by Gasteiger charge is 2.21. The van der Waals surface area contributed by atoms with Gasteiger partial charge in [0.15, 0.2) is 0 Å². The number of carbonyl (C=O) groups excluding carboxylic acids is 3. The van der Waals surface area contributed by atoms with Gasteiger partial charge in [-0.3, -0.25) is 14.4 Å². The molecule has 11 heteroatoms. The summed E-state index contributed by atoms with van der Waals surface area (Å²) in [5.41, 5.74) is 11.1. The molecule has 0 heterocycles. The number of nitrogens with one attached hydrogen (secondary N) is 3. The van der Waals surface area contributed by atoms with Crippen molar-refractivity contribution in [2.45, 2.75) is 44.3 Å². The van der Waals surface area contributed by atoms with Gasteiger partial charge in [0.1, 0.15) is 12.1 Å². The molecule has 0 radical (unpaired) electrons. The fourth-order valence-corrected chi connectivity index (χ4v) is 2.02. The molecule has 0 fully saturated rings. The lowest BCUT2D eigenvalue weighted by molar-refractivity contribution is -0.141. The van der Waals surface area contributed by atoms with E-state index < -0.39 is 48.4 Å². The molecular formula is C14H27N5O5S. The van der Waals surface area contributed by atoms with Crippen molar-refractivity contribution in [3.8, 4) is 0 Å². The van der Waals surface area contributed by atoms with Crippen molar-refractivity contribution in [2.75, 3.05) is 18.8 Å². The topological polar surface area (TPSA) is 177 Å². The average molecular weight is 377 g/mol. The first-order valence-electron chi connectivity index (χ1n) is 7.89. The number of thiol groups is 1. The Labute approximate surface area is 151 Å². The molecule has 0 aromatic carbocycles. The van der Waals surface area contributed by atoms with Gasteiger partial charge in [0.05, 0.1) is 12.6 Å². The maximum atomic E-state index is 11.9. The van der Waals surface area contributed by atoms with Crippen LogP contribution in [0.5, 0.6) is 0 Å². The zero-order chi connectivity index (χ0) is 19.4. The first-order valence-corrected chi connectivity index (χ1v) is 8.52. The summed E-state index contributed by atoms with van der Waals surface area (Å²) in [5, 5.41) is 15.8. The molecule has 3 amide bonds. The van der Waals surface area contributed by atoms with E-state index in [4.69, 9.17) is 16.6 Å². The number of hydrogen-bond acceptors (Lipinski definition) is 7. The molecule has 0 aliphatic heterocycles. The van der Waals surface area contributed by atoms with E-state index in [1.807, 2.05) is 0 Å². The van der Waals surface area contributed by atoms with Crippen molar-refractivity contribution in [3.63, 3.8) is 0 Å². The van der Waals surface area contributed by atoms with Crippen LogP contribution in [-0.2, 0) is 19.2 Å². The van der Waals surface area contributed by atoms with Gasteiger partial charge < -0.3 is 32.5 Å². The van der Waals surface area contributed by atoms with Crippen LogP contribution in [0.4, 0.5) is 0 Å². The van der Waals surface area contributed by atoms with Crippen LogP contribution < -0.4 is 27.4 Å². The number of nitrogens with two attached hydrogens (primary N) is 2. The normalized spacial score (nSPS) is 14.1. The molecule has 0 saturated heterocycles. The van der Waals surface area contributed by atoms with Gasteiger partial charge >= 0.3 is 5.97 Å². The van der Waals surface area contributed by atoms with E-state index in [0.717, 1.165) is 6.42 Å². The van der Waals surface area contributed by atoms with Gasteiger partial charge in [-0.25, -0.2) is 4.79 Å². The highest BCUT2D eigenvalue weighted by molar-refractivity contribution is 7.80. The van der Waals surface area contributed by atoms with Crippen molar-refractivity contribution >= 4 is 36.3 Å². The zero-order valence-corrected chi connectivity index (χ0v) is 15.1. The third kappa shape index (κ3) is 9.89. The molecule has 3 atom stereocenters. The Balaban J connectivity index is 4.22. The zero-order valence-electron chi connectivity index (χ0n) is 14.2. The Morgan fingerprint density at radius 2 is 1.76 bits per heavy atom. The fraction of sp³-hybridized carbons (Fsp3) is 0.714. The van der Waals surface area contributed by atoms with Crippen LogP contribution in [0.2, 0.25) is 0 Å². The van der Waals surface area contributed by atoms with E-state index >= 15 is 0 Å². The number of carbonyl (C=O) groups is 4. The minimum Gasteiger partial charge on any atom is -0.480 e. The number of unbranched alkanes of at least 4 members (excludes halogenated alkanes) is 1. The van der Waals surface area contributed by atoms with Crippen molar-refractivity contribution in [1.29, 1.82) is 0 Å². The lowest BCUT2D eigenvalue weighted by atomic mass is 10.1. The smallest absolute Gasteiger partial charge is 0.327 e. The van der Waals surface area contributed by atoms with Crippen molar-refractivity contribution in [2.24, 2.45) is 11.5 Å². The number of aliphatic carboxylic acids is 1. The minimum absolute atomic E-state index is 0.0798. The van der Waals surface area contributed by atoms with Crippen LogP contribution in [-0.4, -0.2) is 65.8 Å². The average Bonchev–Trinajstić information content (AvgIpc) is 2.56. The minimum atomic E-state index is -1.22. The second kappa shape index (κ2) is 12.5. The van der Waals surface area contributed by atoms with Crippen LogP contribution in [0.25, 0.3) is 0 Å². The van der Waals surface area contributed by atoms with E-state index in [-0.39, 0.29) is 5.75 Å². The number of carboxylic acids is 1. The maximum Gasteiger partial charge on any atom is 0.327 e. The number of hydrogen-bond donors (Lipinski definition) is 7.